The molecule has 0 unspecified atom stereocenters. The van der Waals surface area contributed by atoms with Crippen LogP contribution in [0.3, 0.4) is 0 Å². The third-order valence-electron chi connectivity index (χ3n) is 1.61. The molecule has 0 aromatic heterocycles. The van der Waals surface area contributed by atoms with Gasteiger partial charge in [0, 0.05) is 10.6 Å². The molecule has 1 aromatic rings. The zero-order valence-electron chi connectivity index (χ0n) is 7.71. The molecule has 0 radical (unpaired) electrons. The largest absolute Gasteiger partial charge is 0.461 e. The molecule has 0 saturated carbocycles. The number of carbonyl (C=O) groups is 1. The van der Waals surface area contributed by atoms with Crippen molar-refractivity contribution in [2.24, 2.45) is 0 Å². The zero-order valence-corrected chi connectivity index (χ0v) is 8.47. The van der Waals surface area contributed by atoms with E-state index in [4.69, 9.17) is 21.7 Å². The third kappa shape index (κ3) is 2.57. The average molecular weight is 212 g/mol. The maximum atomic E-state index is 11.1. The second-order valence-corrected chi connectivity index (χ2v) is 3.04. The van der Waals surface area contributed by atoms with E-state index in [2.05, 4.69) is 0 Å². The third-order valence-corrected chi connectivity index (χ3v) is 1.86. The van der Waals surface area contributed by atoms with Crippen molar-refractivity contribution in [2.75, 3.05) is 6.61 Å². The van der Waals surface area contributed by atoms with Crippen LogP contribution in [0.2, 0.25) is 5.02 Å². The van der Waals surface area contributed by atoms with Crippen LogP contribution < -0.4 is 0 Å². The second-order valence-electron chi connectivity index (χ2n) is 2.60. The van der Waals surface area contributed by atoms with Crippen LogP contribution in [0.5, 0.6) is 0 Å². The molecule has 0 aliphatic rings. The molecule has 1 aromatic carbocycles. The Morgan fingerprint density at radius 1 is 1.43 bits per heavy atom. The first kappa shape index (κ1) is 10.7. The lowest BCUT2D eigenvalue weighted by Gasteiger charge is -2.03. The minimum Gasteiger partial charge on any atom is -0.461 e. The molecule has 0 aliphatic carbocycles. The molecule has 3 nitrogen and oxygen atoms in total. The normalized spacial score (nSPS) is 9.57. The Morgan fingerprint density at radius 2 is 2.00 bits per heavy atom. The van der Waals surface area contributed by atoms with Crippen LogP contribution in [-0.2, 0) is 9.53 Å². The van der Waals surface area contributed by atoms with Gasteiger partial charge in [-0.2, -0.15) is 0 Å². The molecule has 74 valence electrons. The molecule has 0 aliphatic heterocycles. The first-order valence-electron chi connectivity index (χ1n) is 4.16. The lowest BCUT2D eigenvalue weighted by molar-refractivity contribution is -0.135. The fourth-order valence-corrected chi connectivity index (χ4v) is 1.06. The van der Waals surface area contributed by atoms with Gasteiger partial charge in [0.05, 0.1) is 6.61 Å². The molecule has 0 heterocycles. The maximum absolute atomic E-state index is 11.1. The Kier molecular flexibility index (Phi) is 3.65. The summed E-state index contributed by atoms with van der Waals surface area (Å²) in [6, 6.07) is 6.48. The van der Waals surface area contributed by atoms with Crippen molar-refractivity contribution in [1.29, 1.82) is 5.41 Å². The van der Waals surface area contributed by atoms with Crippen molar-refractivity contribution in [3.63, 3.8) is 0 Å². The van der Waals surface area contributed by atoms with Crippen LogP contribution in [0, 0.1) is 5.41 Å². The molecule has 0 amide bonds. The summed E-state index contributed by atoms with van der Waals surface area (Å²) in [6.45, 7) is 1.97. The van der Waals surface area contributed by atoms with E-state index in [0.29, 0.717) is 10.6 Å². The lowest BCUT2D eigenvalue weighted by atomic mass is 10.1. The molecule has 4 heteroatoms. The number of benzene rings is 1. The predicted octanol–water partition coefficient (Wildman–Crippen LogP) is 2.27. The van der Waals surface area contributed by atoms with Crippen molar-refractivity contribution in [1.82, 2.24) is 0 Å². The van der Waals surface area contributed by atoms with Crippen LogP contribution >= 0.6 is 11.6 Å². The lowest BCUT2D eigenvalue weighted by Crippen LogP contribution is -2.17. The van der Waals surface area contributed by atoms with E-state index in [1.54, 1.807) is 31.2 Å². The second kappa shape index (κ2) is 4.77. The Labute approximate surface area is 87.2 Å². The topological polar surface area (TPSA) is 50.2 Å². The highest BCUT2D eigenvalue weighted by molar-refractivity contribution is 6.42. The summed E-state index contributed by atoms with van der Waals surface area (Å²) in [5.74, 6) is -0.616. The number of ether oxygens (including phenoxy) is 1. The summed E-state index contributed by atoms with van der Waals surface area (Å²) in [4.78, 5) is 11.1. The standard InChI is InChI=1S/C10H10ClNO2/c1-2-14-10(13)9(12)7-3-5-8(11)6-4-7/h3-6,12H,2H2,1H3. The van der Waals surface area contributed by atoms with E-state index in [1.807, 2.05) is 0 Å². The first-order chi connectivity index (χ1) is 6.65. The molecule has 0 atom stereocenters. The highest BCUT2D eigenvalue weighted by Gasteiger charge is 2.11. The van der Waals surface area contributed by atoms with Gasteiger partial charge in [-0.25, -0.2) is 4.79 Å². The van der Waals surface area contributed by atoms with Gasteiger partial charge in [-0.1, -0.05) is 23.7 Å². The van der Waals surface area contributed by atoms with E-state index in [1.165, 1.54) is 0 Å². The van der Waals surface area contributed by atoms with Crippen molar-refractivity contribution in [2.45, 2.75) is 6.92 Å². The van der Waals surface area contributed by atoms with Crippen LogP contribution in [0.4, 0.5) is 0 Å². The van der Waals surface area contributed by atoms with Crippen LogP contribution in [-0.4, -0.2) is 18.3 Å². The predicted molar refractivity (Wildman–Crippen MR) is 54.9 cm³/mol. The molecule has 0 saturated heterocycles. The summed E-state index contributed by atoms with van der Waals surface area (Å²) in [5.41, 5.74) is 0.358. The average Bonchev–Trinajstić information content (AvgIpc) is 2.18. The van der Waals surface area contributed by atoms with E-state index in [0.717, 1.165) is 0 Å². The van der Waals surface area contributed by atoms with Crippen LogP contribution in [0.15, 0.2) is 24.3 Å². The Bertz CT molecular complexity index is 346. The number of halogens is 1. The molecule has 0 spiro atoms. The Hall–Kier alpha value is -1.35. The zero-order chi connectivity index (χ0) is 10.6. The number of carbonyl (C=O) groups excluding carboxylic acids is 1. The molecule has 1 N–H and O–H groups in total. The summed E-state index contributed by atoms with van der Waals surface area (Å²) in [5, 5.41) is 8.07. The molecule has 1 rings (SSSR count). The minimum atomic E-state index is -0.616. The summed E-state index contributed by atoms with van der Waals surface area (Å²) in [6.07, 6.45) is 0. The number of nitrogens with one attached hydrogen (secondary N) is 1. The van der Waals surface area contributed by atoms with Gasteiger partial charge < -0.3 is 4.74 Å². The summed E-state index contributed by atoms with van der Waals surface area (Å²) in [7, 11) is 0. The quantitative estimate of drug-likeness (QED) is 0.616. The summed E-state index contributed by atoms with van der Waals surface area (Å²) < 4.78 is 4.69. The smallest absolute Gasteiger partial charge is 0.356 e. The first-order valence-corrected chi connectivity index (χ1v) is 4.54. The van der Waals surface area contributed by atoms with E-state index >= 15 is 0 Å². The number of hydrogen-bond acceptors (Lipinski definition) is 3. The van der Waals surface area contributed by atoms with Gasteiger partial charge >= 0.3 is 5.97 Å². The van der Waals surface area contributed by atoms with Gasteiger partial charge in [0.2, 0.25) is 0 Å². The van der Waals surface area contributed by atoms with Gasteiger partial charge in [-0.15, -0.1) is 0 Å². The highest BCUT2D eigenvalue weighted by Crippen LogP contribution is 2.10. The Balaban J connectivity index is 2.79. The highest BCUT2D eigenvalue weighted by atomic mass is 35.5. The maximum Gasteiger partial charge on any atom is 0.356 e. The van der Waals surface area contributed by atoms with E-state index in [9.17, 15) is 4.79 Å². The van der Waals surface area contributed by atoms with Gasteiger partial charge in [0.15, 0.2) is 0 Å². The number of esters is 1. The fraction of sp³-hybridized carbons (Fsp3) is 0.200. The SMILES string of the molecule is CCOC(=O)C(=N)c1ccc(Cl)cc1. The monoisotopic (exact) mass is 211 g/mol. The molecule has 0 bridgehead atoms. The van der Waals surface area contributed by atoms with E-state index < -0.39 is 5.97 Å². The summed E-state index contributed by atoms with van der Waals surface area (Å²) >= 11 is 5.67. The van der Waals surface area contributed by atoms with Gasteiger partial charge in [-0.05, 0) is 19.1 Å². The Morgan fingerprint density at radius 3 is 2.50 bits per heavy atom. The van der Waals surface area contributed by atoms with Crippen LogP contribution in [0.1, 0.15) is 12.5 Å². The van der Waals surface area contributed by atoms with Gasteiger partial charge in [0.1, 0.15) is 5.71 Å². The molecular weight excluding hydrogens is 202 g/mol. The van der Waals surface area contributed by atoms with Gasteiger partial charge in [0.25, 0.3) is 0 Å². The van der Waals surface area contributed by atoms with Crippen molar-refractivity contribution < 1.29 is 9.53 Å². The number of hydrogen-bond donors (Lipinski definition) is 1. The van der Waals surface area contributed by atoms with Crippen molar-refractivity contribution >= 4 is 23.3 Å². The van der Waals surface area contributed by atoms with Crippen LogP contribution in [0.25, 0.3) is 0 Å². The molecule has 14 heavy (non-hydrogen) atoms. The molecular formula is C10H10ClNO2. The fourth-order valence-electron chi connectivity index (χ4n) is 0.938. The number of rotatable bonds is 3. The molecule has 0 fully saturated rings. The van der Waals surface area contributed by atoms with E-state index in [-0.39, 0.29) is 12.3 Å². The van der Waals surface area contributed by atoms with Gasteiger partial charge in [-0.3, -0.25) is 5.41 Å². The minimum absolute atomic E-state index is 0.150. The van der Waals surface area contributed by atoms with Crippen molar-refractivity contribution in [3.05, 3.63) is 34.9 Å². The van der Waals surface area contributed by atoms with Crippen molar-refractivity contribution in [3.8, 4) is 0 Å².